The van der Waals surface area contributed by atoms with E-state index in [0.29, 0.717) is 54.4 Å². The molecule has 1 aromatic heterocycles. The number of anilines is 2. The van der Waals surface area contributed by atoms with Gasteiger partial charge < -0.3 is 25.0 Å². The molecule has 11 heteroatoms. The van der Waals surface area contributed by atoms with Crippen LogP contribution in [-0.2, 0) is 14.3 Å². The molecule has 5 rings (SSSR count). The van der Waals surface area contributed by atoms with Gasteiger partial charge in [0.1, 0.15) is 11.8 Å². The van der Waals surface area contributed by atoms with Crippen molar-refractivity contribution in [1.82, 2.24) is 19.7 Å². The summed E-state index contributed by atoms with van der Waals surface area (Å²) < 4.78 is 12.9. The first-order valence-electron chi connectivity index (χ1n) is 14.4. The van der Waals surface area contributed by atoms with Crippen LogP contribution in [0.15, 0.2) is 58.9 Å². The number of amides is 2. The summed E-state index contributed by atoms with van der Waals surface area (Å²) in [7, 11) is 0. The van der Waals surface area contributed by atoms with Gasteiger partial charge in [-0.2, -0.15) is 4.98 Å². The van der Waals surface area contributed by atoms with Crippen LogP contribution in [0.2, 0.25) is 0 Å². The van der Waals surface area contributed by atoms with Gasteiger partial charge in [0, 0.05) is 30.2 Å². The van der Waals surface area contributed by atoms with Crippen molar-refractivity contribution in [2.75, 3.05) is 49.3 Å². The number of morpholine rings is 1. The maximum absolute atomic E-state index is 13.9. The van der Waals surface area contributed by atoms with Gasteiger partial charge in [-0.3, -0.25) is 9.59 Å². The minimum Gasteiger partial charge on any atom is -0.484 e. The standard InChI is InChI=1S/C31H38N6O4S/c1-5-6-18-42-31-34-30-32-22(4)27(29(39)33-25-9-7-8-20(2)21(25)3)28(37(30)35-31)23-10-12-24(13-11-23)41-19-26(38)36-14-16-40-17-15-36/h7-13,28H,5-6,14-19H2,1-4H3,(H,33,39)(H,32,34,35). The van der Waals surface area contributed by atoms with Crippen molar-refractivity contribution >= 4 is 35.2 Å². The molecule has 1 atom stereocenters. The molecule has 10 nitrogen and oxygen atoms in total. The molecule has 42 heavy (non-hydrogen) atoms. The number of hydrogen-bond acceptors (Lipinski definition) is 8. The summed E-state index contributed by atoms with van der Waals surface area (Å²) in [4.78, 5) is 32.9. The molecule has 1 saturated heterocycles. The Morgan fingerprint density at radius 2 is 1.88 bits per heavy atom. The Morgan fingerprint density at radius 3 is 2.62 bits per heavy atom. The highest BCUT2D eigenvalue weighted by Crippen LogP contribution is 2.37. The van der Waals surface area contributed by atoms with E-state index in [0.717, 1.165) is 41.0 Å². The van der Waals surface area contributed by atoms with Gasteiger partial charge in [0.25, 0.3) is 11.8 Å². The topological polar surface area (TPSA) is 111 Å². The van der Waals surface area contributed by atoms with Crippen molar-refractivity contribution in [2.45, 2.75) is 51.7 Å². The molecule has 3 aromatic rings. The van der Waals surface area contributed by atoms with Crippen molar-refractivity contribution in [1.29, 1.82) is 0 Å². The van der Waals surface area contributed by atoms with Crippen molar-refractivity contribution < 1.29 is 19.1 Å². The van der Waals surface area contributed by atoms with Gasteiger partial charge in [-0.25, -0.2) is 4.68 Å². The van der Waals surface area contributed by atoms with Crippen molar-refractivity contribution in [2.24, 2.45) is 0 Å². The van der Waals surface area contributed by atoms with Crippen LogP contribution < -0.4 is 15.4 Å². The summed E-state index contributed by atoms with van der Waals surface area (Å²) in [5.41, 5.74) is 5.01. The summed E-state index contributed by atoms with van der Waals surface area (Å²) in [5.74, 6) is 1.82. The van der Waals surface area contributed by atoms with Crippen LogP contribution in [0.4, 0.5) is 11.6 Å². The summed E-state index contributed by atoms with van der Waals surface area (Å²) in [6.07, 6.45) is 2.17. The lowest BCUT2D eigenvalue weighted by molar-refractivity contribution is -0.137. The first-order chi connectivity index (χ1) is 20.4. The van der Waals surface area contributed by atoms with Crippen molar-refractivity contribution in [3.8, 4) is 5.75 Å². The van der Waals surface area contributed by atoms with Gasteiger partial charge in [-0.05, 0) is 62.1 Å². The molecule has 0 radical (unpaired) electrons. The van der Waals surface area contributed by atoms with Crippen molar-refractivity contribution in [3.63, 3.8) is 0 Å². The summed E-state index contributed by atoms with van der Waals surface area (Å²) in [5, 5.41) is 11.9. The van der Waals surface area contributed by atoms with E-state index in [1.54, 1.807) is 21.3 Å². The zero-order chi connectivity index (χ0) is 29.6. The average Bonchev–Trinajstić information content (AvgIpc) is 3.40. The fourth-order valence-electron chi connectivity index (χ4n) is 4.97. The van der Waals surface area contributed by atoms with Crippen LogP contribution in [0.5, 0.6) is 5.75 Å². The van der Waals surface area contributed by atoms with Crippen LogP contribution in [0.3, 0.4) is 0 Å². The number of nitrogens with zero attached hydrogens (tertiary/aromatic N) is 4. The molecular weight excluding hydrogens is 552 g/mol. The Hall–Kier alpha value is -3.83. The number of unbranched alkanes of at least 4 members (excludes halogenated alkanes) is 1. The van der Waals surface area contributed by atoms with Gasteiger partial charge in [0.15, 0.2) is 6.61 Å². The summed E-state index contributed by atoms with van der Waals surface area (Å²) in [6, 6.07) is 12.8. The lowest BCUT2D eigenvalue weighted by Crippen LogP contribution is -2.42. The maximum Gasteiger partial charge on any atom is 0.260 e. The fraction of sp³-hybridized carbons (Fsp3) is 0.419. The average molecular weight is 591 g/mol. The highest BCUT2D eigenvalue weighted by molar-refractivity contribution is 7.99. The summed E-state index contributed by atoms with van der Waals surface area (Å²) >= 11 is 1.61. The monoisotopic (exact) mass is 590 g/mol. The lowest BCUT2D eigenvalue weighted by atomic mass is 9.94. The minimum atomic E-state index is -0.511. The van der Waals surface area contributed by atoms with E-state index in [1.807, 2.05) is 63.2 Å². The Kier molecular flexibility index (Phi) is 9.48. The molecule has 2 aliphatic rings. The number of nitrogens with one attached hydrogen (secondary N) is 2. The number of hydrogen-bond donors (Lipinski definition) is 2. The largest absolute Gasteiger partial charge is 0.484 e. The van der Waals surface area contributed by atoms with Gasteiger partial charge in [0.05, 0.1) is 18.8 Å². The number of ether oxygens (including phenoxy) is 2. The second-order valence-electron chi connectivity index (χ2n) is 10.5. The van der Waals surface area contributed by atoms with Gasteiger partial charge in [0.2, 0.25) is 11.1 Å². The second kappa shape index (κ2) is 13.4. The maximum atomic E-state index is 13.9. The zero-order valence-corrected chi connectivity index (χ0v) is 25.4. The van der Waals surface area contributed by atoms with Gasteiger partial charge >= 0.3 is 0 Å². The quantitative estimate of drug-likeness (QED) is 0.252. The Bertz CT molecular complexity index is 1460. The molecular formula is C31H38N6O4S. The number of fused-ring (bicyclic) bond motifs is 1. The van der Waals surface area contributed by atoms with Crippen molar-refractivity contribution in [3.05, 3.63) is 70.4 Å². The summed E-state index contributed by atoms with van der Waals surface area (Å²) in [6.45, 7) is 10.3. The number of rotatable bonds is 10. The van der Waals surface area contributed by atoms with Crippen LogP contribution in [0, 0.1) is 13.8 Å². The number of aryl methyl sites for hydroxylation is 1. The highest BCUT2D eigenvalue weighted by Gasteiger charge is 2.34. The Labute approximate surface area is 250 Å². The SMILES string of the molecule is CCCCSc1nc2n(n1)C(c1ccc(OCC(=O)N3CCOCC3)cc1)C(C(=O)Nc1cccc(C)c1C)=C(C)N2. The Morgan fingerprint density at radius 1 is 1.12 bits per heavy atom. The van der Waals surface area contributed by atoms with E-state index < -0.39 is 6.04 Å². The molecule has 1 fully saturated rings. The van der Waals surface area contributed by atoms with E-state index in [4.69, 9.17) is 19.6 Å². The minimum absolute atomic E-state index is 0.0409. The number of allylic oxidation sites excluding steroid dienone is 1. The van der Waals surface area contributed by atoms with Gasteiger partial charge in [-0.15, -0.1) is 5.10 Å². The normalized spacial score (nSPS) is 16.6. The first kappa shape index (κ1) is 29.7. The molecule has 2 amide bonds. The number of carbonyl (C=O) groups is 2. The predicted molar refractivity (Wildman–Crippen MR) is 164 cm³/mol. The number of benzene rings is 2. The number of aromatic nitrogens is 3. The van der Waals surface area contributed by atoms with E-state index in [1.165, 1.54) is 0 Å². The molecule has 2 N–H and O–H groups in total. The van der Waals surface area contributed by atoms with Gasteiger partial charge in [-0.1, -0.05) is 49.4 Å². The second-order valence-corrected chi connectivity index (χ2v) is 11.5. The smallest absolute Gasteiger partial charge is 0.260 e. The van der Waals surface area contributed by atoms with E-state index in [-0.39, 0.29) is 18.4 Å². The Balaban J connectivity index is 1.41. The fourth-order valence-corrected chi connectivity index (χ4v) is 5.89. The molecule has 2 aromatic carbocycles. The van der Waals surface area contributed by atoms with E-state index in [2.05, 4.69) is 17.6 Å². The molecule has 2 aliphatic heterocycles. The highest BCUT2D eigenvalue weighted by atomic mass is 32.2. The predicted octanol–water partition coefficient (Wildman–Crippen LogP) is 4.95. The lowest BCUT2D eigenvalue weighted by Gasteiger charge is -2.29. The van der Waals surface area contributed by atoms with Crippen LogP contribution in [0.1, 0.15) is 49.4 Å². The third kappa shape index (κ3) is 6.63. The molecule has 1 unspecified atom stereocenters. The molecule has 0 aliphatic carbocycles. The first-order valence-corrected chi connectivity index (χ1v) is 15.4. The number of carbonyl (C=O) groups excluding carboxylic acids is 2. The van der Waals surface area contributed by atoms with E-state index >= 15 is 0 Å². The van der Waals surface area contributed by atoms with Crippen LogP contribution in [-0.4, -0.2) is 70.1 Å². The zero-order valence-electron chi connectivity index (χ0n) is 24.6. The van der Waals surface area contributed by atoms with Crippen LogP contribution >= 0.6 is 11.8 Å². The van der Waals surface area contributed by atoms with Crippen LogP contribution in [0.25, 0.3) is 0 Å². The third-order valence-corrected chi connectivity index (χ3v) is 8.51. The van der Waals surface area contributed by atoms with E-state index in [9.17, 15) is 9.59 Å². The molecule has 222 valence electrons. The molecule has 0 bridgehead atoms. The molecule has 3 heterocycles. The third-order valence-electron chi connectivity index (χ3n) is 7.58. The molecule has 0 saturated carbocycles. The molecule has 0 spiro atoms. The number of thioether (sulfide) groups is 1.